The molecule has 2 amide bonds. The molecule has 6 heteroatoms. The number of likely N-dealkylation sites (tertiary alicyclic amines) is 2. The Balaban J connectivity index is 1.47. The van der Waals surface area contributed by atoms with Gasteiger partial charge in [-0.05, 0) is 38.4 Å². The molecule has 2 N–H and O–H groups in total. The van der Waals surface area contributed by atoms with Gasteiger partial charge >= 0.3 is 0 Å². The number of nitrogens with two attached hydrogens (primary N) is 1. The molecule has 1 aromatic carbocycles. The van der Waals surface area contributed by atoms with E-state index in [4.69, 9.17) is 10.5 Å². The highest BCUT2D eigenvalue weighted by Gasteiger charge is 2.32. The predicted octanol–water partition coefficient (Wildman–Crippen LogP) is 1.56. The highest BCUT2D eigenvalue weighted by Crippen LogP contribution is 2.23. The minimum atomic E-state index is -0.327. The van der Waals surface area contributed by atoms with Crippen molar-refractivity contribution in [3.63, 3.8) is 0 Å². The molecule has 2 aliphatic heterocycles. The third-order valence-corrected chi connectivity index (χ3v) is 5.31. The van der Waals surface area contributed by atoms with E-state index in [1.807, 2.05) is 21.9 Å². The molecule has 0 spiro atoms. The molecule has 0 saturated carbocycles. The van der Waals surface area contributed by atoms with Gasteiger partial charge in [0, 0.05) is 32.5 Å². The second-order valence-corrected chi connectivity index (χ2v) is 7.50. The summed E-state index contributed by atoms with van der Waals surface area (Å²) in [5, 5.41) is 0. The molecule has 6 nitrogen and oxygen atoms in total. The Morgan fingerprint density at radius 2 is 1.81 bits per heavy atom. The molecule has 1 aromatic rings. The van der Waals surface area contributed by atoms with Crippen LogP contribution in [0.1, 0.15) is 31.2 Å². The van der Waals surface area contributed by atoms with E-state index in [2.05, 4.69) is 19.1 Å². The van der Waals surface area contributed by atoms with E-state index >= 15 is 0 Å². The first-order valence-electron chi connectivity index (χ1n) is 9.54. The van der Waals surface area contributed by atoms with Gasteiger partial charge in [-0.2, -0.15) is 0 Å². The summed E-state index contributed by atoms with van der Waals surface area (Å²) in [6.07, 6.45) is 3.72. The maximum absolute atomic E-state index is 12.8. The van der Waals surface area contributed by atoms with Crippen LogP contribution in [0.15, 0.2) is 24.3 Å². The molecule has 1 atom stereocenters. The van der Waals surface area contributed by atoms with E-state index in [0.717, 1.165) is 51.1 Å². The Morgan fingerprint density at radius 1 is 1.12 bits per heavy atom. The summed E-state index contributed by atoms with van der Waals surface area (Å²) < 4.78 is 6.05. The number of hydrogen-bond donors (Lipinski definition) is 1. The van der Waals surface area contributed by atoms with E-state index in [1.165, 1.54) is 5.56 Å². The number of amides is 2. The van der Waals surface area contributed by atoms with Gasteiger partial charge in [-0.3, -0.25) is 14.5 Å². The van der Waals surface area contributed by atoms with Crippen molar-refractivity contribution in [2.45, 2.75) is 38.7 Å². The summed E-state index contributed by atoms with van der Waals surface area (Å²) >= 11 is 0. The SMILES string of the molecule is Cc1ccc(OC2CCN(C(=O)C3CCCN(CC(N)=O)C3)CC2)cc1. The molecule has 0 radical (unpaired) electrons. The van der Waals surface area contributed by atoms with Crippen LogP contribution >= 0.6 is 0 Å². The van der Waals surface area contributed by atoms with Crippen molar-refractivity contribution in [3.8, 4) is 5.75 Å². The Morgan fingerprint density at radius 3 is 2.46 bits per heavy atom. The fourth-order valence-electron chi connectivity index (χ4n) is 3.88. The molecule has 2 fully saturated rings. The second-order valence-electron chi connectivity index (χ2n) is 7.50. The number of piperidine rings is 2. The minimum Gasteiger partial charge on any atom is -0.490 e. The molecule has 0 aliphatic carbocycles. The van der Waals surface area contributed by atoms with Crippen LogP contribution in [0.25, 0.3) is 0 Å². The zero-order chi connectivity index (χ0) is 18.5. The number of ether oxygens (including phenoxy) is 1. The molecule has 3 rings (SSSR count). The lowest BCUT2D eigenvalue weighted by atomic mass is 9.95. The van der Waals surface area contributed by atoms with Gasteiger partial charge in [-0.15, -0.1) is 0 Å². The Kier molecular flexibility index (Phi) is 6.14. The van der Waals surface area contributed by atoms with Crippen molar-refractivity contribution < 1.29 is 14.3 Å². The first kappa shape index (κ1) is 18.7. The van der Waals surface area contributed by atoms with Crippen LogP contribution in [-0.4, -0.2) is 60.4 Å². The van der Waals surface area contributed by atoms with Crippen LogP contribution in [0.2, 0.25) is 0 Å². The number of hydrogen-bond acceptors (Lipinski definition) is 4. The van der Waals surface area contributed by atoms with Gasteiger partial charge in [0.1, 0.15) is 11.9 Å². The minimum absolute atomic E-state index is 0.0160. The van der Waals surface area contributed by atoms with Crippen molar-refractivity contribution in [2.24, 2.45) is 11.7 Å². The number of carbonyl (C=O) groups excluding carboxylic acids is 2. The lowest BCUT2D eigenvalue weighted by Crippen LogP contribution is -2.49. The van der Waals surface area contributed by atoms with Crippen molar-refractivity contribution >= 4 is 11.8 Å². The zero-order valence-electron chi connectivity index (χ0n) is 15.5. The maximum atomic E-state index is 12.8. The molecular weight excluding hydrogens is 330 g/mol. The molecule has 1 unspecified atom stereocenters. The Bertz CT molecular complexity index is 624. The van der Waals surface area contributed by atoms with E-state index in [0.29, 0.717) is 6.54 Å². The van der Waals surface area contributed by atoms with Crippen molar-refractivity contribution in [3.05, 3.63) is 29.8 Å². The smallest absolute Gasteiger partial charge is 0.231 e. The number of carbonyl (C=O) groups is 2. The number of rotatable bonds is 5. The van der Waals surface area contributed by atoms with Gasteiger partial charge in [-0.25, -0.2) is 0 Å². The first-order valence-corrected chi connectivity index (χ1v) is 9.54. The third kappa shape index (κ3) is 4.97. The molecule has 2 heterocycles. The monoisotopic (exact) mass is 359 g/mol. The Hall–Kier alpha value is -2.08. The quantitative estimate of drug-likeness (QED) is 0.866. The van der Waals surface area contributed by atoms with Gasteiger partial charge in [0.15, 0.2) is 0 Å². The third-order valence-electron chi connectivity index (χ3n) is 5.31. The number of nitrogens with zero attached hydrogens (tertiary/aromatic N) is 2. The fraction of sp³-hybridized carbons (Fsp3) is 0.600. The molecule has 26 heavy (non-hydrogen) atoms. The standard InChI is InChI=1S/C20H29N3O3/c1-15-4-6-17(7-5-15)26-18-8-11-23(12-9-18)20(25)16-3-2-10-22(13-16)14-19(21)24/h4-7,16,18H,2-3,8-14H2,1H3,(H2,21,24). The van der Waals surface area contributed by atoms with Crippen molar-refractivity contribution in [1.82, 2.24) is 9.80 Å². The molecule has 0 aromatic heterocycles. The number of benzene rings is 1. The van der Waals surface area contributed by atoms with Crippen LogP contribution in [0, 0.1) is 12.8 Å². The molecule has 142 valence electrons. The molecule has 2 saturated heterocycles. The van der Waals surface area contributed by atoms with Crippen molar-refractivity contribution in [2.75, 3.05) is 32.7 Å². The fourth-order valence-corrected chi connectivity index (χ4v) is 3.88. The van der Waals surface area contributed by atoms with Crippen LogP contribution in [0.3, 0.4) is 0 Å². The molecular formula is C20H29N3O3. The van der Waals surface area contributed by atoms with Gasteiger partial charge in [0.25, 0.3) is 0 Å². The summed E-state index contributed by atoms with van der Waals surface area (Å²) in [6, 6.07) is 8.11. The average molecular weight is 359 g/mol. The number of primary amides is 1. The molecule has 0 bridgehead atoms. The Labute approximate surface area is 155 Å². The average Bonchev–Trinajstić information content (AvgIpc) is 2.63. The van der Waals surface area contributed by atoms with Crippen LogP contribution < -0.4 is 10.5 Å². The topological polar surface area (TPSA) is 75.9 Å². The van der Waals surface area contributed by atoms with Gasteiger partial charge < -0.3 is 15.4 Å². The second kappa shape index (κ2) is 8.54. The summed E-state index contributed by atoms with van der Waals surface area (Å²) in [5.41, 5.74) is 6.50. The van der Waals surface area contributed by atoms with Crippen LogP contribution in [0.5, 0.6) is 5.75 Å². The lowest BCUT2D eigenvalue weighted by Gasteiger charge is -2.37. The summed E-state index contributed by atoms with van der Waals surface area (Å²) in [6.45, 7) is 5.27. The van der Waals surface area contributed by atoms with E-state index < -0.39 is 0 Å². The summed E-state index contributed by atoms with van der Waals surface area (Å²) in [5.74, 6) is 0.771. The normalized spacial score (nSPS) is 22.2. The number of aryl methyl sites for hydroxylation is 1. The lowest BCUT2D eigenvalue weighted by molar-refractivity contribution is -0.139. The van der Waals surface area contributed by atoms with E-state index in [1.54, 1.807) is 0 Å². The maximum Gasteiger partial charge on any atom is 0.231 e. The first-order chi connectivity index (χ1) is 12.5. The molecule has 2 aliphatic rings. The largest absolute Gasteiger partial charge is 0.490 e. The highest BCUT2D eigenvalue weighted by atomic mass is 16.5. The summed E-state index contributed by atoms with van der Waals surface area (Å²) in [4.78, 5) is 27.9. The van der Waals surface area contributed by atoms with Gasteiger partial charge in [0.2, 0.25) is 11.8 Å². The van der Waals surface area contributed by atoms with Gasteiger partial charge in [0.05, 0.1) is 12.5 Å². The van der Waals surface area contributed by atoms with Crippen LogP contribution in [-0.2, 0) is 9.59 Å². The van der Waals surface area contributed by atoms with Crippen LogP contribution in [0.4, 0.5) is 0 Å². The highest BCUT2D eigenvalue weighted by molar-refractivity contribution is 5.80. The van der Waals surface area contributed by atoms with Gasteiger partial charge in [-0.1, -0.05) is 17.7 Å². The predicted molar refractivity (Wildman–Crippen MR) is 99.8 cm³/mol. The summed E-state index contributed by atoms with van der Waals surface area (Å²) in [7, 11) is 0. The van der Waals surface area contributed by atoms with E-state index in [-0.39, 0.29) is 30.4 Å². The zero-order valence-corrected chi connectivity index (χ0v) is 15.5. The van der Waals surface area contributed by atoms with Crippen molar-refractivity contribution in [1.29, 1.82) is 0 Å². The van der Waals surface area contributed by atoms with E-state index in [9.17, 15) is 9.59 Å².